The van der Waals surface area contributed by atoms with Gasteiger partial charge in [0.2, 0.25) is 0 Å². The molecule has 6 heteroatoms. The Morgan fingerprint density at radius 2 is 2.00 bits per heavy atom. The second-order valence-corrected chi connectivity index (χ2v) is 7.30. The highest BCUT2D eigenvalue weighted by Gasteiger charge is 2.29. The number of halogens is 1. The first-order chi connectivity index (χ1) is 12.2. The minimum Gasteiger partial charge on any atom is -0.432 e. The molecule has 3 aliphatic heterocycles. The van der Waals surface area contributed by atoms with Crippen molar-refractivity contribution in [2.24, 2.45) is 5.92 Å². The van der Waals surface area contributed by atoms with Gasteiger partial charge in [0.15, 0.2) is 0 Å². The zero-order valence-electron chi connectivity index (χ0n) is 13.9. The molecule has 3 saturated heterocycles. The summed E-state index contributed by atoms with van der Waals surface area (Å²) in [7, 11) is 0. The first-order valence-corrected chi connectivity index (χ1v) is 9.09. The molecule has 1 amide bonds. The van der Waals surface area contributed by atoms with Crippen LogP contribution in [-0.2, 0) is 0 Å². The maximum atomic E-state index is 12.5. The highest BCUT2D eigenvalue weighted by atomic mass is 35.5. The molecular formula is C19H21ClN2O3. The fourth-order valence-corrected chi connectivity index (χ4v) is 3.84. The van der Waals surface area contributed by atoms with Crippen LogP contribution in [0.1, 0.15) is 29.6 Å². The predicted molar refractivity (Wildman–Crippen MR) is 95.3 cm³/mol. The van der Waals surface area contributed by atoms with E-state index in [0.717, 1.165) is 18.9 Å². The lowest BCUT2D eigenvalue weighted by atomic mass is 9.94. The molecule has 3 aliphatic rings. The van der Waals surface area contributed by atoms with Gasteiger partial charge in [0.05, 0.1) is 5.02 Å². The highest BCUT2D eigenvalue weighted by molar-refractivity contribution is 6.30. The standard InChI is InChI=1S/C19H21ClN2O3/c20-15-10-18(24-12-15)25-17-3-1-14(2-4-17)19(23)21-16-9-13-5-7-22(11-16)8-6-13/h1-4,10,12-13,16H,5-9,11H2,(H,21,23). The number of hydrogen-bond acceptors (Lipinski definition) is 4. The number of carbonyl (C=O) groups excluding carboxylic acids is 1. The molecule has 4 heterocycles. The molecule has 1 unspecified atom stereocenters. The number of fused-ring (bicyclic) bond motifs is 4. The van der Waals surface area contributed by atoms with Crippen molar-refractivity contribution in [2.45, 2.75) is 25.3 Å². The van der Waals surface area contributed by atoms with Gasteiger partial charge in [-0.25, -0.2) is 0 Å². The summed E-state index contributed by atoms with van der Waals surface area (Å²) in [6, 6.07) is 8.88. The van der Waals surface area contributed by atoms with E-state index in [1.807, 2.05) is 0 Å². The van der Waals surface area contributed by atoms with Gasteiger partial charge >= 0.3 is 0 Å². The van der Waals surface area contributed by atoms with E-state index in [4.69, 9.17) is 20.8 Å². The lowest BCUT2D eigenvalue weighted by Gasteiger charge is -2.26. The molecule has 1 aromatic carbocycles. The Bertz CT molecular complexity index is 721. The molecule has 1 atom stereocenters. The maximum Gasteiger partial charge on any atom is 0.291 e. The van der Waals surface area contributed by atoms with Crippen LogP contribution >= 0.6 is 11.6 Å². The van der Waals surface area contributed by atoms with Crippen molar-refractivity contribution < 1.29 is 13.9 Å². The normalized spacial score (nSPS) is 25.4. The Morgan fingerprint density at radius 1 is 1.24 bits per heavy atom. The number of rotatable bonds is 4. The van der Waals surface area contributed by atoms with Crippen LogP contribution in [-0.4, -0.2) is 36.5 Å². The van der Waals surface area contributed by atoms with Crippen molar-refractivity contribution in [1.82, 2.24) is 10.2 Å². The second kappa shape index (κ2) is 7.10. The van der Waals surface area contributed by atoms with E-state index in [2.05, 4.69) is 10.2 Å². The van der Waals surface area contributed by atoms with E-state index in [9.17, 15) is 4.79 Å². The topological polar surface area (TPSA) is 54.7 Å². The van der Waals surface area contributed by atoms with Crippen LogP contribution in [0.5, 0.6) is 11.7 Å². The lowest BCUT2D eigenvalue weighted by molar-refractivity contribution is 0.0929. The number of nitrogens with zero attached hydrogens (tertiary/aromatic N) is 1. The maximum absolute atomic E-state index is 12.5. The van der Waals surface area contributed by atoms with Crippen molar-refractivity contribution in [3.8, 4) is 11.7 Å². The van der Waals surface area contributed by atoms with Crippen LogP contribution in [0.3, 0.4) is 0 Å². The third kappa shape index (κ3) is 3.99. The Labute approximate surface area is 151 Å². The molecule has 0 aliphatic carbocycles. The molecule has 2 aromatic rings. The number of carbonyl (C=O) groups is 1. The smallest absolute Gasteiger partial charge is 0.291 e. The molecule has 0 radical (unpaired) electrons. The van der Waals surface area contributed by atoms with Gasteiger partial charge in [0.1, 0.15) is 12.0 Å². The fourth-order valence-electron chi connectivity index (χ4n) is 3.71. The fraction of sp³-hybridized carbons (Fsp3) is 0.421. The van der Waals surface area contributed by atoms with Crippen LogP contribution in [0.4, 0.5) is 0 Å². The number of amides is 1. The van der Waals surface area contributed by atoms with E-state index in [-0.39, 0.29) is 11.9 Å². The van der Waals surface area contributed by atoms with Crippen LogP contribution in [0.25, 0.3) is 0 Å². The molecule has 25 heavy (non-hydrogen) atoms. The zero-order valence-corrected chi connectivity index (χ0v) is 14.7. The summed E-state index contributed by atoms with van der Waals surface area (Å²) in [4.78, 5) is 15.0. The van der Waals surface area contributed by atoms with E-state index < -0.39 is 0 Å². The van der Waals surface area contributed by atoms with Crippen molar-refractivity contribution in [1.29, 1.82) is 0 Å². The summed E-state index contributed by atoms with van der Waals surface area (Å²) < 4.78 is 10.7. The number of benzene rings is 1. The Morgan fingerprint density at radius 3 is 2.68 bits per heavy atom. The number of ether oxygens (including phenoxy) is 1. The van der Waals surface area contributed by atoms with Crippen LogP contribution in [0.2, 0.25) is 5.02 Å². The van der Waals surface area contributed by atoms with Crippen molar-refractivity contribution in [2.75, 3.05) is 19.6 Å². The number of piperidine rings is 1. The van der Waals surface area contributed by atoms with Gasteiger partial charge in [0, 0.05) is 24.2 Å². The van der Waals surface area contributed by atoms with Gasteiger partial charge in [-0.2, -0.15) is 0 Å². The van der Waals surface area contributed by atoms with Gasteiger partial charge in [-0.1, -0.05) is 11.6 Å². The number of nitrogens with one attached hydrogen (secondary N) is 1. The van der Waals surface area contributed by atoms with Crippen molar-refractivity contribution in [3.05, 3.63) is 47.2 Å². The molecule has 1 N–H and O–H groups in total. The Hall–Kier alpha value is -1.98. The third-order valence-corrected chi connectivity index (χ3v) is 5.22. The summed E-state index contributed by atoms with van der Waals surface area (Å²) >= 11 is 5.79. The van der Waals surface area contributed by atoms with Gasteiger partial charge in [-0.05, 0) is 62.5 Å². The minimum atomic E-state index is -0.0277. The largest absolute Gasteiger partial charge is 0.432 e. The number of furan rings is 1. The van der Waals surface area contributed by atoms with Gasteiger partial charge in [-0.15, -0.1) is 0 Å². The van der Waals surface area contributed by atoms with Gasteiger partial charge < -0.3 is 19.4 Å². The van der Waals surface area contributed by atoms with Crippen LogP contribution in [0, 0.1) is 5.92 Å². The molecule has 0 saturated carbocycles. The summed E-state index contributed by atoms with van der Waals surface area (Å²) in [5.41, 5.74) is 0.636. The predicted octanol–water partition coefficient (Wildman–Crippen LogP) is 3.94. The molecule has 5 rings (SSSR count). The molecule has 132 valence electrons. The first kappa shape index (κ1) is 16.5. The second-order valence-electron chi connectivity index (χ2n) is 6.86. The molecule has 1 aromatic heterocycles. The zero-order chi connectivity index (χ0) is 17.2. The molecule has 0 spiro atoms. The summed E-state index contributed by atoms with van der Waals surface area (Å²) in [5, 5.41) is 3.68. The molecule has 5 nitrogen and oxygen atoms in total. The van der Waals surface area contributed by atoms with E-state index in [1.165, 1.54) is 32.2 Å². The van der Waals surface area contributed by atoms with Crippen molar-refractivity contribution >= 4 is 17.5 Å². The van der Waals surface area contributed by atoms with Gasteiger partial charge in [0.25, 0.3) is 11.9 Å². The summed E-state index contributed by atoms with van der Waals surface area (Å²) in [6.45, 7) is 3.29. The average molecular weight is 361 g/mol. The Kier molecular flexibility index (Phi) is 4.68. The number of hydrogen-bond donors (Lipinski definition) is 1. The molecule has 3 fully saturated rings. The van der Waals surface area contributed by atoms with E-state index in [0.29, 0.717) is 22.3 Å². The van der Waals surface area contributed by atoms with Crippen molar-refractivity contribution in [3.63, 3.8) is 0 Å². The summed E-state index contributed by atoms with van der Waals surface area (Å²) in [6.07, 6.45) is 5.02. The quantitative estimate of drug-likeness (QED) is 0.897. The SMILES string of the molecule is O=C(NC1CC2CCN(CC2)C1)c1ccc(Oc2cc(Cl)co2)cc1. The van der Waals surface area contributed by atoms with E-state index >= 15 is 0 Å². The first-order valence-electron chi connectivity index (χ1n) is 8.71. The molecule has 2 bridgehead atoms. The highest BCUT2D eigenvalue weighted by Crippen LogP contribution is 2.28. The Balaban J connectivity index is 1.37. The monoisotopic (exact) mass is 360 g/mol. The summed E-state index contributed by atoms with van der Waals surface area (Å²) in [5.74, 6) is 1.64. The van der Waals surface area contributed by atoms with Crippen LogP contribution in [0.15, 0.2) is 41.0 Å². The third-order valence-electron chi connectivity index (χ3n) is 5.02. The minimum absolute atomic E-state index is 0.0277. The van der Waals surface area contributed by atoms with Crippen LogP contribution < -0.4 is 10.1 Å². The van der Waals surface area contributed by atoms with Gasteiger partial charge in [-0.3, -0.25) is 4.79 Å². The average Bonchev–Trinajstić information content (AvgIpc) is 2.81. The van der Waals surface area contributed by atoms with E-state index in [1.54, 1.807) is 30.3 Å². The lowest BCUT2D eigenvalue weighted by Crippen LogP contribution is -2.41. The molecular weight excluding hydrogens is 340 g/mol.